The van der Waals surface area contributed by atoms with E-state index in [1.54, 1.807) is 19.5 Å². The van der Waals surface area contributed by atoms with Crippen molar-refractivity contribution in [1.29, 1.82) is 0 Å². The van der Waals surface area contributed by atoms with Crippen LogP contribution in [0.4, 0.5) is 0 Å². The van der Waals surface area contributed by atoms with Crippen LogP contribution < -0.4 is 11.2 Å². The number of nitrogens with zero attached hydrogens (tertiary/aromatic N) is 2. The van der Waals surface area contributed by atoms with Gasteiger partial charge in [-0.25, -0.2) is 5.48 Å². The summed E-state index contributed by atoms with van der Waals surface area (Å²) in [5.74, 6) is 0. The van der Waals surface area contributed by atoms with Crippen molar-refractivity contribution >= 4 is 23.4 Å². The minimum atomic E-state index is -0.316. The predicted octanol–water partition coefficient (Wildman–Crippen LogP) is 4.16. The van der Waals surface area contributed by atoms with Crippen molar-refractivity contribution in [2.45, 2.75) is 42.1 Å². The Labute approximate surface area is 215 Å². The van der Waals surface area contributed by atoms with Gasteiger partial charge in [0.25, 0.3) is 0 Å². The standard InChI is InChI=1S/C18H22ClN3O3S.C7H9NO/c1-11-15(10-24-11)25-18(14(8-20)23-2)26-16-7-12(19)9-22-17(16)13-5-3-4-6-21-13;9-8-6-7-4-2-1-3-5-7/h3-7,9,11,14-15,18H,8,10,20H2,1-2H3;1-5,8-9H,6H2/t11?,14-,15?,18?;/m0./s1. The summed E-state index contributed by atoms with van der Waals surface area (Å²) < 4.78 is 17.2. The zero-order valence-electron chi connectivity index (χ0n) is 19.7. The molecule has 0 spiro atoms. The van der Waals surface area contributed by atoms with Crippen LogP contribution in [0.25, 0.3) is 11.4 Å². The lowest BCUT2D eigenvalue weighted by atomic mass is 10.1. The number of ether oxygens (including phenoxy) is 3. The molecule has 8 nitrogen and oxygen atoms in total. The molecule has 1 aromatic carbocycles. The Hall–Kier alpha value is -2.08. The van der Waals surface area contributed by atoms with Crippen molar-refractivity contribution in [3.8, 4) is 11.4 Å². The number of hydrogen-bond acceptors (Lipinski definition) is 9. The number of thioether (sulfide) groups is 1. The molecule has 4 atom stereocenters. The lowest BCUT2D eigenvalue weighted by Gasteiger charge is -2.38. The molecule has 3 aromatic rings. The van der Waals surface area contributed by atoms with Gasteiger partial charge in [-0.15, -0.1) is 0 Å². The van der Waals surface area contributed by atoms with Gasteiger partial charge in [0.15, 0.2) is 0 Å². The highest BCUT2D eigenvalue weighted by Crippen LogP contribution is 2.36. The normalized spacial score (nSPS) is 18.7. The van der Waals surface area contributed by atoms with Gasteiger partial charge in [0, 0.05) is 37.5 Å². The molecular formula is C25H31ClN4O4S. The van der Waals surface area contributed by atoms with E-state index in [4.69, 9.17) is 36.8 Å². The minimum absolute atomic E-state index is 0.0159. The largest absolute Gasteiger partial charge is 0.376 e. The quantitative estimate of drug-likeness (QED) is 0.207. The van der Waals surface area contributed by atoms with Gasteiger partial charge in [0.2, 0.25) is 0 Å². The summed E-state index contributed by atoms with van der Waals surface area (Å²) in [4.78, 5) is 9.73. The lowest BCUT2D eigenvalue weighted by molar-refractivity contribution is -0.196. The van der Waals surface area contributed by atoms with Gasteiger partial charge in [-0.2, -0.15) is 0 Å². The molecule has 0 aliphatic carbocycles. The number of hydrogen-bond donors (Lipinski definition) is 3. The van der Waals surface area contributed by atoms with E-state index in [0.29, 0.717) is 24.7 Å². The summed E-state index contributed by atoms with van der Waals surface area (Å²) in [6, 6.07) is 17.3. The number of nitrogens with one attached hydrogen (secondary N) is 1. The molecule has 3 unspecified atom stereocenters. The molecule has 0 radical (unpaired) electrons. The molecule has 0 saturated carbocycles. The van der Waals surface area contributed by atoms with Crippen molar-refractivity contribution in [3.05, 3.63) is 77.6 Å². The number of pyridine rings is 2. The fraction of sp³-hybridized carbons (Fsp3) is 0.360. The minimum Gasteiger partial charge on any atom is -0.376 e. The smallest absolute Gasteiger partial charge is 0.135 e. The molecule has 1 aliphatic rings. The zero-order chi connectivity index (χ0) is 25.0. The van der Waals surface area contributed by atoms with Crippen molar-refractivity contribution in [2.75, 3.05) is 20.3 Å². The Balaban J connectivity index is 0.000000320. The Morgan fingerprint density at radius 3 is 2.57 bits per heavy atom. The Kier molecular flexibility index (Phi) is 11.4. The van der Waals surface area contributed by atoms with Gasteiger partial charge in [0.05, 0.1) is 23.4 Å². The van der Waals surface area contributed by atoms with E-state index < -0.39 is 0 Å². The molecule has 4 N–H and O–H groups in total. The van der Waals surface area contributed by atoms with Crippen LogP contribution in [0.15, 0.2) is 71.9 Å². The molecular weight excluding hydrogens is 488 g/mol. The van der Waals surface area contributed by atoms with E-state index in [0.717, 1.165) is 21.8 Å². The maximum Gasteiger partial charge on any atom is 0.135 e. The van der Waals surface area contributed by atoms with E-state index in [1.807, 2.05) is 61.5 Å². The molecule has 10 heteroatoms. The first-order valence-corrected chi connectivity index (χ1v) is 12.5. The van der Waals surface area contributed by atoms with Crippen LogP contribution in [0.1, 0.15) is 12.5 Å². The number of benzene rings is 1. The molecule has 4 rings (SSSR count). The lowest BCUT2D eigenvalue weighted by Crippen LogP contribution is -2.49. The summed E-state index contributed by atoms with van der Waals surface area (Å²) in [5.41, 5.74) is 10.3. The topological polar surface area (TPSA) is 112 Å². The Bertz CT molecular complexity index is 1010. The maximum atomic E-state index is 8.27. The third kappa shape index (κ3) is 8.23. The maximum absolute atomic E-state index is 8.27. The van der Waals surface area contributed by atoms with Crippen LogP contribution in [0.2, 0.25) is 5.02 Å². The summed E-state index contributed by atoms with van der Waals surface area (Å²) in [6.45, 7) is 3.41. The summed E-state index contributed by atoms with van der Waals surface area (Å²) >= 11 is 7.68. The number of aromatic nitrogens is 2. The number of halogens is 1. The first-order chi connectivity index (χ1) is 17.0. The molecule has 1 aliphatic heterocycles. The second kappa shape index (κ2) is 14.5. The Morgan fingerprint density at radius 1 is 1.23 bits per heavy atom. The van der Waals surface area contributed by atoms with Crippen LogP contribution in [-0.2, 0) is 20.8 Å². The van der Waals surface area contributed by atoms with E-state index in [9.17, 15) is 0 Å². The van der Waals surface area contributed by atoms with Crippen molar-refractivity contribution in [1.82, 2.24) is 15.4 Å². The highest BCUT2D eigenvalue weighted by molar-refractivity contribution is 8.00. The number of methoxy groups -OCH3 is 1. The first kappa shape index (κ1) is 27.5. The van der Waals surface area contributed by atoms with Gasteiger partial charge < -0.3 is 25.2 Å². The van der Waals surface area contributed by atoms with Crippen LogP contribution in [-0.4, -0.2) is 59.2 Å². The van der Waals surface area contributed by atoms with Crippen LogP contribution in [0.5, 0.6) is 0 Å². The number of hydroxylamine groups is 1. The van der Waals surface area contributed by atoms with E-state index in [1.165, 1.54) is 11.8 Å². The van der Waals surface area contributed by atoms with Gasteiger partial charge >= 0.3 is 0 Å². The zero-order valence-corrected chi connectivity index (χ0v) is 21.3. The molecule has 1 fully saturated rings. The summed E-state index contributed by atoms with van der Waals surface area (Å²) in [7, 11) is 1.63. The number of rotatable bonds is 10. The number of nitrogens with two attached hydrogens (primary N) is 1. The van der Waals surface area contributed by atoms with Gasteiger partial charge in [-0.3, -0.25) is 9.97 Å². The van der Waals surface area contributed by atoms with Crippen molar-refractivity contribution < 1.29 is 19.4 Å². The third-order valence-electron chi connectivity index (χ3n) is 5.29. The average Bonchev–Trinajstić information content (AvgIpc) is 2.88. The van der Waals surface area contributed by atoms with Gasteiger partial charge in [0.1, 0.15) is 23.3 Å². The van der Waals surface area contributed by atoms with E-state index in [-0.39, 0.29) is 23.7 Å². The van der Waals surface area contributed by atoms with Crippen molar-refractivity contribution in [2.24, 2.45) is 5.73 Å². The SMILES string of the molecule is CO[C@@H](CN)C(OC1COC1C)Sc1cc(Cl)cnc1-c1ccccn1.ONCc1ccccc1. The molecule has 0 amide bonds. The molecule has 188 valence electrons. The molecule has 35 heavy (non-hydrogen) atoms. The second-order valence-electron chi connectivity index (χ2n) is 7.74. The van der Waals surface area contributed by atoms with Crippen LogP contribution in [0, 0.1) is 0 Å². The summed E-state index contributed by atoms with van der Waals surface area (Å²) in [6.07, 6.45) is 3.15. The highest BCUT2D eigenvalue weighted by Gasteiger charge is 2.35. The molecule has 2 aromatic heterocycles. The van der Waals surface area contributed by atoms with Crippen LogP contribution >= 0.6 is 23.4 Å². The van der Waals surface area contributed by atoms with E-state index >= 15 is 0 Å². The molecule has 1 saturated heterocycles. The fourth-order valence-electron chi connectivity index (χ4n) is 3.22. The fourth-order valence-corrected chi connectivity index (χ4v) is 4.73. The Morgan fingerprint density at radius 2 is 2.00 bits per heavy atom. The van der Waals surface area contributed by atoms with Gasteiger partial charge in [-0.05, 0) is 30.7 Å². The monoisotopic (exact) mass is 518 g/mol. The summed E-state index contributed by atoms with van der Waals surface area (Å²) in [5, 5.41) is 8.82. The predicted molar refractivity (Wildman–Crippen MR) is 137 cm³/mol. The van der Waals surface area contributed by atoms with E-state index in [2.05, 4.69) is 15.4 Å². The van der Waals surface area contributed by atoms with Crippen molar-refractivity contribution in [3.63, 3.8) is 0 Å². The highest BCUT2D eigenvalue weighted by atomic mass is 35.5. The second-order valence-corrected chi connectivity index (χ2v) is 9.32. The molecule has 0 bridgehead atoms. The average molecular weight is 519 g/mol. The first-order valence-electron chi connectivity index (χ1n) is 11.2. The van der Waals surface area contributed by atoms with Gasteiger partial charge in [-0.1, -0.05) is 59.8 Å². The van der Waals surface area contributed by atoms with Crippen LogP contribution in [0.3, 0.4) is 0 Å². The third-order valence-corrected chi connectivity index (χ3v) is 6.71. The molecule has 3 heterocycles.